The number of hydrogen-bond donors (Lipinski definition) is 1. The number of rotatable bonds is 8. The summed E-state index contributed by atoms with van der Waals surface area (Å²) in [6.45, 7) is 12.2. The van der Waals surface area contributed by atoms with E-state index < -0.39 is 10.1 Å². The number of allylic oxidation sites excluding steroid dienone is 1. The van der Waals surface area contributed by atoms with Gasteiger partial charge in [-0.2, -0.15) is 8.42 Å². The Kier molecular flexibility index (Phi) is 6.64. The Bertz CT molecular complexity index is 909. The molecule has 0 saturated heterocycles. The molecule has 2 aromatic rings. The third-order valence-corrected chi connectivity index (χ3v) is 5.89. The van der Waals surface area contributed by atoms with Crippen LogP contribution in [0.25, 0.3) is 10.8 Å². The smallest absolute Gasteiger partial charge is 0.282 e. The third kappa shape index (κ3) is 4.02. The van der Waals surface area contributed by atoms with Crippen molar-refractivity contribution in [1.82, 2.24) is 0 Å². The first kappa shape index (κ1) is 20.7. The van der Waals surface area contributed by atoms with Crippen LogP contribution in [0, 0.1) is 0 Å². The van der Waals surface area contributed by atoms with Crippen molar-refractivity contribution in [3.63, 3.8) is 0 Å². The van der Waals surface area contributed by atoms with E-state index in [0.29, 0.717) is 12.8 Å². The van der Waals surface area contributed by atoms with Gasteiger partial charge in [0.1, 0.15) is 0 Å². The second-order valence-electron chi connectivity index (χ2n) is 7.13. The van der Waals surface area contributed by atoms with Crippen LogP contribution >= 0.6 is 0 Å². The van der Waals surface area contributed by atoms with E-state index in [1.807, 2.05) is 6.92 Å². The molecule has 0 amide bonds. The maximum absolute atomic E-state index is 12.2. The van der Waals surface area contributed by atoms with Gasteiger partial charge in [-0.15, -0.1) is 6.58 Å². The molecule has 0 aliphatic carbocycles. The van der Waals surface area contributed by atoms with Crippen molar-refractivity contribution in [3.8, 4) is 0 Å². The Labute approximate surface area is 157 Å². The van der Waals surface area contributed by atoms with Gasteiger partial charge in [-0.1, -0.05) is 52.3 Å². The van der Waals surface area contributed by atoms with Crippen molar-refractivity contribution in [3.05, 3.63) is 53.1 Å². The van der Waals surface area contributed by atoms with E-state index in [4.69, 9.17) is 0 Å². The molecule has 0 aliphatic rings. The van der Waals surface area contributed by atoms with E-state index in [1.54, 1.807) is 12.1 Å². The minimum atomic E-state index is -4.29. The predicted octanol–water partition coefficient (Wildman–Crippen LogP) is 5.84. The van der Waals surface area contributed by atoms with Gasteiger partial charge in [-0.25, -0.2) is 0 Å². The maximum Gasteiger partial charge on any atom is 0.294 e. The topological polar surface area (TPSA) is 54.4 Å². The van der Waals surface area contributed by atoms with Gasteiger partial charge in [0.05, 0.1) is 4.90 Å². The Balaban J connectivity index is 2.98. The molecule has 0 bridgehead atoms. The molecule has 3 nitrogen and oxygen atoms in total. The minimum Gasteiger partial charge on any atom is -0.282 e. The van der Waals surface area contributed by atoms with Crippen molar-refractivity contribution in [1.29, 1.82) is 0 Å². The van der Waals surface area contributed by atoms with Crippen molar-refractivity contribution < 1.29 is 13.0 Å². The molecular weight excluding hydrogens is 344 g/mol. The maximum atomic E-state index is 12.2. The van der Waals surface area contributed by atoms with Crippen LogP contribution in [0.4, 0.5) is 0 Å². The molecule has 2 rings (SSSR count). The van der Waals surface area contributed by atoms with E-state index in [0.717, 1.165) is 41.2 Å². The largest absolute Gasteiger partial charge is 0.294 e. The SMILES string of the molecule is C=CCCc1c(S(=O)(=O)O)cc2c(C(C)C)c(CCC)ccc2c1CC. The van der Waals surface area contributed by atoms with Gasteiger partial charge in [0, 0.05) is 0 Å². The molecule has 0 radical (unpaired) electrons. The quantitative estimate of drug-likeness (QED) is 0.466. The van der Waals surface area contributed by atoms with Crippen LogP contribution in [0.15, 0.2) is 35.7 Å². The second-order valence-corrected chi connectivity index (χ2v) is 8.52. The Morgan fingerprint density at radius 1 is 1.12 bits per heavy atom. The first-order valence-electron chi connectivity index (χ1n) is 9.44. The van der Waals surface area contributed by atoms with Gasteiger partial charge in [0.15, 0.2) is 0 Å². The molecule has 142 valence electrons. The molecular formula is C22H30O3S. The summed E-state index contributed by atoms with van der Waals surface area (Å²) in [7, 11) is -4.29. The summed E-state index contributed by atoms with van der Waals surface area (Å²) < 4.78 is 34.2. The zero-order valence-electron chi connectivity index (χ0n) is 16.3. The zero-order chi connectivity index (χ0) is 19.5. The number of hydrogen-bond acceptors (Lipinski definition) is 2. The van der Waals surface area contributed by atoms with Gasteiger partial charge < -0.3 is 0 Å². The number of fused-ring (bicyclic) bond motifs is 1. The third-order valence-electron chi connectivity index (χ3n) is 4.97. The fourth-order valence-corrected chi connectivity index (χ4v) is 4.76. The molecule has 4 heteroatoms. The van der Waals surface area contributed by atoms with E-state index >= 15 is 0 Å². The first-order valence-corrected chi connectivity index (χ1v) is 10.9. The molecule has 0 fully saturated rings. The number of benzene rings is 2. The molecule has 2 aromatic carbocycles. The van der Waals surface area contributed by atoms with Gasteiger partial charge in [0.25, 0.3) is 10.1 Å². The fourth-order valence-electron chi connectivity index (χ4n) is 3.95. The highest BCUT2D eigenvalue weighted by Crippen LogP contribution is 2.37. The first-order chi connectivity index (χ1) is 12.3. The average Bonchev–Trinajstić information content (AvgIpc) is 2.57. The van der Waals surface area contributed by atoms with Gasteiger partial charge >= 0.3 is 0 Å². The van der Waals surface area contributed by atoms with Crippen molar-refractivity contribution in [2.75, 3.05) is 0 Å². The van der Waals surface area contributed by atoms with Gasteiger partial charge in [0.2, 0.25) is 0 Å². The number of aryl methyl sites for hydroxylation is 2. The monoisotopic (exact) mass is 374 g/mol. The highest BCUT2D eigenvalue weighted by molar-refractivity contribution is 7.85. The Hall–Kier alpha value is -1.65. The molecule has 1 N–H and O–H groups in total. The lowest BCUT2D eigenvalue weighted by Crippen LogP contribution is -2.09. The predicted molar refractivity (Wildman–Crippen MR) is 110 cm³/mol. The lowest BCUT2D eigenvalue weighted by atomic mass is 9.85. The molecule has 0 spiro atoms. The fraction of sp³-hybridized carbons (Fsp3) is 0.455. The van der Waals surface area contributed by atoms with Crippen LogP contribution in [0.5, 0.6) is 0 Å². The summed E-state index contributed by atoms with van der Waals surface area (Å²) >= 11 is 0. The normalized spacial score (nSPS) is 12.1. The van der Waals surface area contributed by atoms with Gasteiger partial charge in [-0.3, -0.25) is 4.55 Å². The lowest BCUT2D eigenvalue weighted by molar-refractivity contribution is 0.482. The minimum absolute atomic E-state index is 0.0549. The summed E-state index contributed by atoms with van der Waals surface area (Å²) in [6.07, 6.45) is 5.73. The molecule has 0 saturated carbocycles. The Morgan fingerprint density at radius 3 is 2.31 bits per heavy atom. The van der Waals surface area contributed by atoms with E-state index in [1.165, 1.54) is 11.1 Å². The standard InChI is InChI=1S/C22H30O3S/c1-6-9-11-19-17(8-3)18-13-12-16(10-7-2)22(15(4)5)20(18)14-21(19)26(23,24)25/h6,12-15H,1,7-11H2,2-5H3,(H,23,24,25). The van der Waals surface area contributed by atoms with E-state index in [2.05, 4.69) is 39.5 Å². The molecule has 0 atom stereocenters. The van der Waals surface area contributed by atoms with Crippen LogP contribution < -0.4 is 0 Å². The average molecular weight is 375 g/mol. The van der Waals surface area contributed by atoms with Gasteiger partial charge in [-0.05, 0) is 70.7 Å². The zero-order valence-corrected chi connectivity index (χ0v) is 17.1. The van der Waals surface area contributed by atoms with Crippen molar-refractivity contribution >= 4 is 20.9 Å². The highest BCUT2D eigenvalue weighted by atomic mass is 32.2. The second kappa shape index (κ2) is 8.36. The summed E-state index contributed by atoms with van der Waals surface area (Å²) in [5.74, 6) is 0.276. The van der Waals surface area contributed by atoms with Crippen molar-refractivity contribution in [2.24, 2.45) is 0 Å². The van der Waals surface area contributed by atoms with E-state index in [9.17, 15) is 13.0 Å². The van der Waals surface area contributed by atoms with Crippen LogP contribution in [-0.4, -0.2) is 13.0 Å². The molecule has 0 aliphatic heterocycles. The van der Waals surface area contributed by atoms with Crippen LogP contribution in [-0.2, 0) is 29.4 Å². The summed E-state index contributed by atoms with van der Waals surface area (Å²) in [6, 6.07) is 6.00. The van der Waals surface area contributed by atoms with Crippen molar-refractivity contribution in [2.45, 2.75) is 70.6 Å². The van der Waals surface area contributed by atoms with Crippen LogP contribution in [0.3, 0.4) is 0 Å². The van der Waals surface area contributed by atoms with Crippen LogP contribution in [0.2, 0.25) is 0 Å². The summed E-state index contributed by atoms with van der Waals surface area (Å²) in [5, 5.41) is 2.06. The molecule has 26 heavy (non-hydrogen) atoms. The van der Waals surface area contributed by atoms with Crippen LogP contribution in [0.1, 0.15) is 68.7 Å². The lowest BCUT2D eigenvalue weighted by Gasteiger charge is -2.21. The molecule has 0 unspecified atom stereocenters. The summed E-state index contributed by atoms with van der Waals surface area (Å²) in [4.78, 5) is 0.0549. The van der Waals surface area contributed by atoms with E-state index in [-0.39, 0.29) is 10.8 Å². The highest BCUT2D eigenvalue weighted by Gasteiger charge is 2.23. The molecule has 0 heterocycles. The molecule has 0 aromatic heterocycles. The Morgan fingerprint density at radius 2 is 1.81 bits per heavy atom. The summed E-state index contributed by atoms with van der Waals surface area (Å²) in [5.41, 5.74) is 4.19.